The Morgan fingerprint density at radius 1 is 0.136 bits per heavy atom. The minimum Gasteiger partial charge on any atom is -0.0616 e. The van der Waals surface area contributed by atoms with Gasteiger partial charge >= 0.3 is 0 Å². The first-order valence-electron chi connectivity index (χ1n) is 23.1. The average molecular weight is 831 g/mol. The van der Waals surface area contributed by atoms with Crippen LogP contribution in [0.5, 0.6) is 0 Å². The van der Waals surface area contributed by atoms with Crippen LogP contribution in [-0.2, 0) is 0 Å². The van der Waals surface area contributed by atoms with E-state index in [1.54, 1.807) is 0 Å². The standard InChI is InChI=1S/C66H38/c1-4-22-45-40(17-1)42-19-7-12-28-51(42)64-53-30-14-9-25-48(53)57(36-61(45)64)39-33-34-56-58(35-39)44-21-3-6-24-47(44)63-38-60(50-27-11-16-32-55(50)66(56)63)59-37-62-46-23-5-2-18-41(46)43-20-8-13-29-52(43)65(62)54-31-15-10-26-49(54)59/h1-38H. The lowest BCUT2D eigenvalue weighted by atomic mass is 9.83. The molecular weight excluding hydrogens is 793 g/mol. The minimum absolute atomic E-state index is 1.23. The second-order valence-electron chi connectivity index (χ2n) is 18.2. The van der Waals surface area contributed by atoms with Crippen molar-refractivity contribution in [2.75, 3.05) is 0 Å². The number of hydrogen-bond acceptors (Lipinski definition) is 0. The molecule has 0 fully saturated rings. The van der Waals surface area contributed by atoms with Crippen LogP contribution < -0.4 is 0 Å². The van der Waals surface area contributed by atoms with Gasteiger partial charge < -0.3 is 0 Å². The quantitative estimate of drug-likeness (QED) is 0.152. The van der Waals surface area contributed by atoms with Crippen molar-refractivity contribution in [3.8, 4) is 22.3 Å². The summed E-state index contributed by atoms with van der Waals surface area (Å²) in [5.41, 5.74) is 5.01. The largest absolute Gasteiger partial charge is 0.0616 e. The fraction of sp³-hybridized carbons (Fsp3) is 0. The second kappa shape index (κ2) is 13.5. The molecule has 0 heteroatoms. The highest BCUT2D eigenvalue weighted by atomic mass is 14.2. The van der Waals surface area contributed by atoms with Crippen LogP contribution in [0, 0.1) is 0 Å². The smallest absolute Gasteiger partial charge is 0.00199 e. The molecule has 15 aromatic carbocycles. The molecule has 15 aromatic rings. The van der Waals surface area contributed by atoms with Crippen LogP contribution >= 0.6 is 0 Å². The summed E-state index contributed by atoms with van der Waals surface area (Å²) >= 11 is 0. The van der Waals surface area contributed by atoms with Crippen LogP contribution in [0.15, 0.2) is 231 Å². The lowest BCUT2D eigenvalue weighted by Crippen LogP contribution is -1.92. The van der Waals surface area contributed by atoms with E-state index in [0.717, 1.165) is 0 Å². The Hall–Kier alpha value is -8.58. The topological polar surface area (TPSA) is 0 Å². The van der Waals surface area contributed by atoms with Crippen LogP contribution in [0.2, 0.25) is 0 Å². The summed E-state index contributed by atoms with van der Waals surface area (Å²) in [6.45, 7) is 0. The van der Waals surface area contributed by atoms with Gasteiger partial charge in [-0.25, -0.2) is 0 Å². The summed E-state index contributed by atoms with van der Waals surface area (Å²) in [6.07, 6.45) is 0. The first-order chi connectivity index (χ1) is 32.8. The van der Waals surface area contributed by atoms with E-state index in [4.69, 9.17) is 0 Å². The third kappa shape index (κ3) is 4.83. The molecule has 0 bridgehead atoms. The van der Waals surface area contributed by atoms with Gasteiger partial charge in [0.1, 0.15) is 0 Å². The molecule has 0 aromatic heterocycles. The van der Waals surface area contributed by atoms with E-state index in [2.05, 4.69) is 231 Å². The summed E-state index contributed by atoms with van der Waals surface area (Å²) < 4.78 is 0. The molecule has 0 amide bonds. The van der Waals surface area contributed by atoms with E-state index >= 15 is 0 Å². The first kappa shape index (κ1) is 35.8. The Bertz CT molecular complexity index is 4630. The summed E-state index contributed by atoms with van der Waals surface area (Å²) in [5, 5.41) is 30.9. The van der Waals surface area contributed by atoms with Crippen molar-refractivity contribution in [1.29, 1.82) is 0 Å². The highest BCUT2D eigenvalue weighted by molar-refractivity contribution is 6.37. The van der Waals surface area contributed by atoms with Crippen molar-refractivity contribution in [2.45, 2.75) is 0 Å². The Balaban J connectivity index is 1.04. The van der Waals surface area contributed by atoms with E-state index in [1.165, 1.54) is 152 Å². The maximum absolute atomic E-state index is 2.51. The van der Waals surface area contributed by atoms with Crippen molar-refractivity contribution in [1.82, 2.24) is 0 Å². The van der Waals surface area contributed by atoms with Crippen LogP contribution in [0.4, 0.5) is 0 Å². The number of rotatable bonds is 2. The van der Waals surface area contributed by atoms with Gasteiger partial charge in [0.15, 0.2) is 0 Å². The molecule has 0 nitrogen and oxygen atoms in total. The normalized spacial score (nSPS) is 12.2. The van der Waals surface area contributed by atoms with Gasteiger partial charge in [0, 0.05) is 0 Å². The van der Waals surface area contributed by atoms with Crippen LogP contribution in [0.25, 0.3) is 152 Å². The van der Waals surface area contributed by atoms with E-state index in [0.29, 0.717) is 0 Å². The molecule has 0 unspecified atom stereocenters. The molecule has 0 aliphatic carbocycles. The highest BCUT2D eigenvalue weighted by Crippen LogP contribution is 2.49. The number of benzene rings is 15. The second-order valence-corrected chi connectivity index (χ2v) is 18.2. The molecule has 66 heavy (non-hydrogen) atoms. The Kier molecular flexibility index (Phi) is 7.31. The zero-order valence-electron chi connectivity index (χ0n) is 35.9. The third-order valence-electron chi connectivity index (χ3n) is 14.9. The SMILES string of the molecule is c1ccc2c(c1)c(-c1ccc3c(c1)c1ccccc1c1cc(-c4cc5c6ccccc6c6ccccc6c5c5ccccc45)c4ccccc4c31)cc1c3ccccc3c3ccccc3c21. The number of fused-ring (bicyclic) bond motifs is 24. The van der Waals surface area contributed by atoms with Crippen LogP contribution in [0.1, 0.15) is 0 Å². The fourth-order valence-corrected chi connectivity index (χ4v) is 12.2. The van der Waals surface area contributed by atoms with Crippen molar-refractivity contribution in [3.63, 3.8) is 0 Å². The molecular formula is C66H38. The van der Waals surface area contributed by atoms with E-state index < -0.39 is 0 Å². The Labute approximate surface area is 380 Å². The Morgan fingerprint density at radius 2 is 0.364 bits per heavy atom. The molecule has 0 aliphatic heterocycles. The molecule has 0 radical (unpaired) electrons. The van der Waals surface area contributed by atoms with Crippen molar-refractivity contribution >= 4 is 129 Å². The summed E-state index contributed by atoms with van der Waals surface area (Å²) in [5.74, 6) is 0. The number of hydrogen-bond donors (Lipinski definition) is 0. The lowest BCUT2D eigenvalue weighted by molar-refractivity contribution is 1.72. The minimum atomic E-state index is 1.23. The van der Waals surface area contributed by atoms with Crippen molar-refractivity contribution in [3.05, 3.63) is 231 Å². The third-order valence-corrected chi connectivity index (χ3v) is 14.9. The lowest BCUT2D eigenvalue weighted by Gasteiger charge is -2.20. The predicted octanol–water partition coefficient (Wildman–Crippen LogP) is 18.9. The highest BCUT2D eigenvalue weighted by Gasteiger charge is 2.21. The Morgan fingerprint density at radius 3 is 0.727 bits per heavy atom. The van der Waals surface area contributed by atoms with Gasteiger partial charge in [-0.2, -0.15) is 0 Å². The average Bonchev–Trinajstić information content (AvgIpc) is 3.40. The molecule has 0 N–H and O–H groups in total. The van der Waals surface area contributed by atoms with Crippen LogP contribution in [0.3, 0.4) is 0 Å². The van der Waals surface area contributed by atoms with Crippen LogP contribution in [-0.4, -0.2) is 0 Å². The molecule has 302 valence electrons. The van der Waals surface area contributed by atoms with E-state index in [-0.39, 0.29) is 0 Å². The molecule has 0 spiro atoms. The maximum Gasteiger partial charge on any atom is -0.00199 e. The van der Waals surface area contributed by atoms with Gasteiger partial charge in [-0.3, -0.25) is 0 Å². The molecule has 0 heterocycles. The van der Waals surface area contributed by atoms with Crippen molar-refractivity contribution in [2.24, 2.45) is 0 Å². The monoisotopic (exact) mass is 830 g/mol. The van der Waals surface area contributed by atoms with Gasteiger partial charge in [-0.15, -0.1) is 0 Å². The summed E-state index contributed by atoms with van der Waals surface area (Å²) in [7, 11) is 0. The maximum atomic E-state index is 2.51. The molecule has 0 aliphatic rings. The zero-order chi connectivity index (χ0) is 43.0. The molecule has 0 atom stereocenters. The summed E-state index contributed by atoms with van der Waals surface area (Å²) in [4.78, 5) is 0. The van der Waals surface area contributed by atoms with Gasteiger partial charge in [0.05, 0.1) is 0 Å². The summed E-state index contributed by atoms with van der Waals surface area (Å²) in [6, 6.07) is 86.7. The first-order valence-corrected chi connectivity index (χ1v) is 23.1. The molecule has 0 saturated carbocycles. The van der Waals surface area contributed by atoms with Gasteiger partial charge in [0.25, 0.3) is 0 Å². The van der Waals surface area contributed by atoms with Gasteiger partial charge in [-0.05, 0) is 176 Å². The fourth-order valence-electron chi connectivity index (χ4n) is 12.2. The van der Waals surface area contributed by atoms with Crippen molar-refractivity contribution < 1.29 is 0 Å². The predicted molar refractivity (Wildman–Crippen MR) is 287 cm³/mol. The van der Waals surface area contributed by atoms with Gasteiger partial charge in [-0.1, -0.05) is 206 Å². The molecule has 0 saturated heterocycles. The van der Waals surface area contributed by atoms with E-state index in [1.807, 2.05) is 0 Å². The van der Waals surface area contributed by atoms with E-state index in [9.17, 15) is 0 Å². The zero-order valence-corrected chi connectivity index (χ0v) is 35.9. The molecule has 15 rings (SSSR count). The van der Waals surface area contributed by atoms with Gasteiger partial charge in [0.2, 0.25) is 0 Å².